The maximum atomic E-state index is 5.74. The number of H-pyrrole nitrogens is 1. The third-order valence-electron chi connectivity index (χ3n) is 3.58. The molecule has 3 N–H and O–H groups in total. The first-order valence-corrected chi connectivity index (χ1v) is 7.37. The van der Waals surface area contributed by atoms with Gasteiger partial charge < -0.3 is 5.73 Å². The Balaban J connectivity index is 1.75. The molecule has 6 heteroatoms. The van der Waals surface area contributed by atoms with Gasteiger partial charge in [0.1, 0.15) is 5.03 Å². The number of hydrogen-bond acceptors (Lipinski definition) is 5. The van der Waals surface area contributed by atoms with Crippen LogP contribution in [-0.2, 0) is 12.8 Å². The molecule has 100 valence electrons. The average molecular weight is 283 g/mol. The summed E-state index contributed by atoms with van der Waals surface area (Å²) in [6, 6.07) is 6.64. The van der Waals surface area contributed by atoms with Gasteiger partial charge in [0.15, 0.2) is 5.65 Å². The van der Waals surface area contributed by atoms with Crippen molar-refractivity contribution in [2.24, 2.45) is 0 Å². The summed E-state index contributed by atoms with van der Waals surface area (Å²) < 4.78 is 0. The van der Waals surface area contributed by atoms with Crippen LogP contribution in [0.15, 0.2) is 34.3 Å². The van der Waals surface area contributed by atoms with E-state index in [0.717, 1.165) is 10.4 Å². The predicted octanol–water partition coefficient (Wildman–Crippen LogP) is 2.57. The molecular formula is C14H13N5S. The fourth-order valence-corrected chi connectivity index (χ4v) is 3.59. The normalized spacial score (nSPS) is 13.8. The van der Waals surface area contributed by atoms with E-state index in [0.29, 0.717) is 5.65 Å². The molecule has 0 saturated heterocycles. The lowest BCUT2D eigenvalue weighted by molar-refractivity contribution is 0.911. The highest BCUT2D eigenvalue weighted by molar-refractivity contribution is 7.99. The molecular weight excluding hydrogens is 270 g/mol. The molecule has 0 radical (unpaired) electrons. The first-order chi connectivity index (χ1) is 9.79. The van der Waals surface area contributed by atoms with Crippen molar-refractivity contribution in [1.82, 2.24) is 20.2 Å². The lowest BCUT2D eigenvalue weighted by atomic mass is 10.1. The Hall–Kier alpha value is -2.08. The number of fused-ring (bicyclic) bond motifs is 2. The van der Waals surface area contributed by atoms with Crippen molar-refractivity contribution in [2.75, 3.05) is 5.73 Å². The zero-order valence-electron chi connectivity index (χ0n) is 10.8. The molecule has 1 aliphatic rings. The monoisotopic (exact) mass is 283 g/mol. The van der Waals surface area contributed by atoms with Gasteiger partial charge in [-0.25, -0.2) is 4.98 Å². The fourth-order valence-electron chi connectivity index (χ4n) is 2.63. The molecule has 0 amide bonds. The molecule has 3 aromatic rings. The molecule has 0 bridgehead atoms. The SMILES string of the molecule is Nc1nc(Sc2ccc3c(c2)CCC3)c2cn[nH]c2n1. The van der Waals surface area contributed by atoms with Crippen LogP contribution in [0.1, 0.15) is 17.5 Å². The minimum atomic E-state index is 0.269. The number of aromatic amines is 1. The summed E-state index contributed by atoms with van der Waals surface area (Å²) in [5, 5.41) is 8.59. The molecule has 2 aromatic heterocycles. The van der Waals surface area contributed by atoms with E-state index in [1.165, 1.54) is 35.3 Å². The van der Waals surface area contributed by atoms with Crippen molar-refractivity contribution >= 4 is 28.7 Å². The van der Waals surface area contributed by atoms with E-state index in [-0.39, 0.29) is 5.95 Å². The number of nitrogen functional groups attached to an aromatic ring is 1. The molecule has 5 nitrogen and oxygen atoms in total. The number of nitrogens with two attached hydrogens (primary N) is 1. The molecule has 20 heavy (non-hydrogen) atoms. The average Bonchev–Trinajstić information content (AvgIpc) is 3.05. The van der Waals surface area contributed by atoms with E-state index in [1.807, 2.05) is 0 Å². The minimum Gasteiger partial charge on any atom is -0.368 e. The largest absolute Gasteiger partial charge is 0.368 e. The number of aromatic nitrogens is 4. The van der Waals surface area contributed by atoms with Gasteiger partial charge in [0.2, 0.25) is 5.95 Å². The molecule has 0 fully saturated rings. The lowest BCUT2D eigenvalue weighted by Gasteiger charge is -2.05. The zero-order valence-corrected chi connectivity index (χ0v) is 11.6. The number of hydrogen-bond donors (Lipinski definition) is 2. The van der Waals surface area contributed by atoms with Crippen molar-refractivity contribution in [1.29, 1.82) is 0 Å². The van der Waals surface area contributed by atoms with Crippen LogP contribution in [0.25, 0.3) is 11.0 Å². The molecule has 4 rings (SSSR count). The summed E-state index contributed by atoms with van der Waals surface area (Å²) in [7, 11) is 0. The van der Waals surface area contributed by atoms with Crippen LogP contribution in [0.2, 0.25) is 0 Å². The number of anilines is 1. The van der Waals surface area contributed by atoms with E-state index in [9.17, 15) is 0 Å². The summed E-state index contributed by atoms with van der Waals surface area (Å²) in [5.41, 5.74) is 9.36. The Kier molecular flexibility index (Phi) is 2.63. The molecule has 0 saturated carbocycles. The van der Waals surface area contributed by atoms with Gasteiger partial charge in [-0.1, -0.05) is 17.8 Å². The number of aryl methyl sites for hydroxylation is 2. The van der Waals surface area contributed by atoms with Gasteiger partial charge in [-0.2, -0.15) is 10.1 Å². The summed E-state index contributed by atoms with van der Waals surface area (Å²) in [6.45, 7) is 0. The maximum Gasteiger partial charge on any atom is 0.223 e. The first kappa shape index (κ1) is 11.7. The second-order valence-electron chi connectivity index (χ2n) is 4.91. The summed E-state index contributed by atoms with van der Waals surface area (Å²) in [6.07, 6.45) is 5.38. The molecule has 0 unspecified atom stereocenters. The standard InChI is InChI=1S/C14H13N5S/c15-14-17-12-11(7-16-19-12)13(18-14)20-10-5-4-8-2-1-3-9(8)6-10/h4-7H,1-3H2,(H3,15,16,17,18,19). The second-order valence-corrected chi connectivity index (χ2v) is 5.97. The van der Waals surface area contributed by atoms with Gasteiger partial charge in [0.05, 0.1) is 11.6 Å². The van der Waals surface area contributed by atoms with Gasteiger partial charge in [-0.15, -0.1) is 0 Å². The molecule has 0 spiro atoms. The van der Waals surface area contributed by atoms with Crippen molar-refractivity contribution in [3.63, 3.8) is 0 Å². The maximum absolute atomic E-state index is 5.74. The van der Waals surface area contributed by atoms with Gasteiger partial charge in [0.25, 0.3) is 0 Å². The zero-order chi connectivity index (χ0) is 13.5. The first-order valence-electron chi connectivity index (χ1n) is 6.56. The van der Waals surface area contributed by atoms with Crippen LogP contribution >= 0.6 is 11.8 Å². The van der Waals surface area contributed by atoms with Crippen LogP contribution in [-0.4, -0.2) is 20.2 Å². The number of benzene rings is 1. The summed E-state index contributed by atoms with van der Waals surface area (Å²) in [4.78, 5) is 9.65. The highest BCUT2D eigenvalue weighted by Crippen LogP contribution is 2.34. The fraction of sp³-hybridized carbons (Fsp3) is 0.214. The van der Waals surface area contributed by atoms with Gasteiger partial charge >= 0.3 is 0 Å². The lowest BCUT2D eigenvalue weighted by Crippen LogP contribution is -1.96. The Morgan fingerprint density at radius 1 is 1.15 bits per heavy atom. The van der Waals surface area contributed by atoms with Crippen LogP contribution < -0.4 is 5.73 Å². The number of rotatable bonds is 2. The van der Waals surface area contributed by atoms with E-state index < -0.39 is 0 Å². The van der Waals surface area contributed by atoms with Crippen LogP contribution in [0, 0.1) is 0 Å². The van der Waals surface area contributed by atoms with Crippen LogP contribution in [0.4, 0.5) is 5.95 Å². The highest BCUT2D eigenvalue weighted by atomic mass is 32.2. The van der Waals surface area contributed by atoms with Crippen molar-refractivity contribution in [3.05, 3.63) is 35.5 Å². The van der Waals surface area contributed by atoms with E-state index in [4.69, 9.17) is 5.73 Å². The topological polar surface area (TPSA) is 80.5 Å². The quantitative estimate of drug-likeness (QED) is 0.706. The highest BCUT2D eigenvalue weighted by Gasteiger charge is 2.13. The molecule has 2 heterocycles. The summed E-state index contributed by atoms with van der Waals surface area (Å²) in [5.74, 6) is 0.269. The van der Waals surface area contributed by atoms with Gasteiger partial charge in [0, 0.05) is 4.90 Å². The van der Waals surface area contributed by atoms with Crippen molar-refractivity contribution in [3.8, 4) is 0 Å². The van der Waals surface area contributed by atoms with Crippen LogP contribution in [0.5, 0.6) is 0 Å². The van der Waals surface area contributed by atoms with Gasteiger partial charge in [-0.05, 0) is 42.5 Å². The molecule has 0 aliphatic heterocycles. The second kappa shape index (κ2) is 4.49. The van der Waals surface area contributed by atoms with E-state index in [1.54, 1.807) is 18.0 Å². The number of nitrogens with zero attached hydrogens (tertiary/aromatic N) is 3. The number of nitrogens with one attached hydrogen (secondary N) is 1. The van der Waals surface area contributed by atoms with Crippen LogP contribution in [0.3, 0.4) is 0 Å². The molecule has 0 atom stereocenters. The predicted molar refractivity (Wildman–Crippen MR) is 78.7 cm³/mol. The Morgan fingerprint density at radius 3 is 3.00 bits per heavy atom. The van der Waals surface area contributed by atoms with E-state index in [2.05, 4.69) is 38.4 Å². The molecule has 1 aliphatic carbocycles. The van der Waals surface area contributed by atoms with Gasteiger partial charge in [-0.3, -0.25) is 5.10 Å². The van der Waals surface area contributed by atoms with Crippen molar-refractivity contribution in [2.45, 2.75) is 29.2 Å². The summed E-state index contributed by atoms with van der Waals surface area (Å²) >= 11 is 1.61. The minimum absolute atomic E-state index is 0.269. The Labute approximate surface area is 120 Å². The Morgan fingerprint density at radius 2 is 2.05 bits per heavy atom. The third-order valence-corrected chi connectivity index (χ3v) is 4.57. The van der Waals surface area contributed by atoms with Crippen molar-refractivity contribution < 1.29 is 0 Å². The molecule has 1 aromatic carbocycles. The van der Waals surface area contributed by atoms with E-state index >= 15 is 0 Å². The smallest absolute Gasteiger partial charge is 0.223 e. The third kappa shape index (κ3) is 1.92. The Bertz CT molecular complexity index is 795.